The molecular formula is C25H36ClNS. The molecule has 1 saturated heterocycles. The number of hydrogen-bond acceptors (Lipinski definition) is 1. The van der Waals surface area contributed by atoms with Crippen molar-refractivity contribution in [2.75, 3.05) is 25.9 Å². The molecule has 3 rings (SSSR count). The molecule has 154 valence electrons. The monoisotopic (exact) mass is 417 g/mol. The van der Waals surface area contributed by atoms with E-state index in [1.807, 2.05) is 19.9 Å². The Hall–Kier alpha value is -1.09. The van der Waals surface area contributed by atoms with Crippen LogP contribution in [0.1, 0.15) is 44.2 Å². The zero-order chi connectivity index (χ0) is 20.4. The van der Waals surface area contributed by atoms with Gasteiger partial charge < -0.3 is 4.90 Å². The maximum absolute atomic E-state index is 6.10. The summed E-state index contributed by atoms with van der Waals surface area (Å²) in [4.78, 5) is 4.00. The van der Waals surface area contributed by atoms with Crippen LogP contribution in [0.4, 0.5) is 0 Å². The molecule has 1 heterocycles. The summed E-state index contributed by atoms with van der Waals surface area (Å²) in [6.45, 7) is 7.64. The molecule has 1 nitrogen and oxygen atoms in total. The van der Waals surface area contributed by atoms with E-state index in [4.69, 9.17) is 11.6 Å². The molecule has 1 aliphatic heterocycles. The molecule has 2 aromatic rings. The molecule has 28 heavy (non-hydrogen) atoms. The second kappa shape index (κ2) is 12.5. The highest BCUT2D eigenvalue weighted by Gasteiger charge is 2.19. The second-order valence-electron chi connectivity index (χ2n) is 7.51. The van der Waals surface area contributed by atoms with Crippen molar-refractivity contribution >= 4 is 28.0 Å². The van der Waals surface area contributed by atoms with E-state index in [0.717, 1.165) is 23.9 Å². The van der Waals surface area contributed by atoms with Gasteiger partial charge >= 0.3 is 0 Å². The van der Waals surface area contributed by atoms with Gasteiger partial charge in [-0.15, -0.1) is 0 Å². The standard InChI is InChI=1S/C23H30ClNS.C2H6/c1-26(2)23-12-10-19(11-13-23)8-9-21-6-4-15-25(18-21)16-14-20-5-3-7-22(24)17-20;1-2/h3,5,7,10-13,17,21H,1,4,6,8-9,14-16,18H2,2H3;1-2H3. The van der Waals surface area contributed by atoms with Crippen molar-refractivity contribution in [2.24, 2.45) is 5.92 Å². The fourth-order valence-corrected chi connectivity index (χ4v) is 4.64. The highest BCUT2D eigenvalue weighted by molar-refractivity contribution is 8.13. The quantitative estimate of drug-likeness (QED) is 0.441. The number of benzene rings is 2. The van der Waals surface area contributed by atoms with E-state index in [-0.39, 0.29) is 10.5 Å². The molecule has 3 heteroatoms. The van der Waals surface area contributed by atoms with E-state index in [9.17, 15) is 0 Å². The maximum atomic E-state index is 6.10. The molecule has 0 amide bonds. The van der Waals surface area contributed by atoms with Crippen LogP contribution in [0.15, 0.2) is 53.4 Å². The highest BCUT2D eigenvalue weighted by atomic mass is 35.5. The topological polar surface area (TPSA) is 3.24 Å². The fourth-order valence-electron chi connectivity index (χ4n) is 3.83. The van der Waals surface area contributed by atoms with Gasteiger partial charge in [0, 0.05) is 23.0 Å². The summed E-state index contributed by atoms with van der Waals surface area (Å²) in [6, 6.07) is 17.4. The molecule has 0 bridgehead atoms. The summed E-state index contributed by atoms with van der Waals surface area (Å²) in [7, 11) is 0.115. The Morgan fingerprint density at radius 1 is 1.07 bits per heavy atom. The van der Waals surface area contributed by atoms with Gasteiger partial charge in [0.2, 0.25) is 0 Å². The highest BCUT2D eigenvalue weighted by Crippen LogP contribution is 2.24. The first kappa shape index (κ1) is 23.2. The molecule has 2 atom stereocenters. The minimum absolute atomic E-state index is 0.115. The lowest BCUT2D eigenvalue weighted by Crippen LogP contribution is -2.36. The zero-order valence-electron chi connectivity index (χ0n) is 17.8. The van der Waals surface area contributed by atoms with E-state index in [1.165, 1.54) is 54.8 Å². The number of rotatable bonds is 7. The SMILES string of the molecule is C=S(C)c1ccc(CCC2CCCN(CCc3cccc(Cl)c3)C2)cc1.CC. The van der Waals surface area contributed by atoms with Gasteiger partial charge in [-0.2, -0.15) is 10.5 Å². The molecule has 0 aliphatic carbocycles. The van der Waals surface area contributed by atoms with Crippen LogP contribution in [-0.2, 0) is 12.8 Å². The smallest absolute Gasteiger partial charge is 0.0408 e. The number of likely N-dealkylation sites (tertiary alicyclic amines) is 1. The summed E-state index contributed by atoms with van der Waals surface area (Å²) in [5.41, 5.74) is 2.82. The Bertz CT molecular complexity index is 726. The third kappa shape index (κ3) is 7.73. The first-order valence-corrected chi connectivity index (χ1v) is 12.8. The fraction of sp³-hybridized carbons (Fsp3) is 0.480. The zero-order valence-corrected chi connectivity index (χ0v) is 19.4. The van der Waals surface area contributed by atoms with Crippen molar-refractivity contribution in [3.05, 3.63) is 64.7 Å². The third-order valence-electron chi connectivity index (χ3n) is 5.38. The van der Waals surface area contributed by atoms with Crippen molar-refractivity contribution in [3.8, 4) is 0 Å². The van der Waals surface area contributed by atoms with Crippen molar-refractivity contribution in [1.29, 1.82) is 0 Å². The van der Waals surface area contributed by atoms with Gasteiger partial charge in [0.1, 0.15) is 0 Å². The number of hydrogen-bond donors (Lipinski definition) is 0. The molecule has 0 N–H and O–H groups in total. The van der Waals surface area contributed by atoms with Crippen LogP contribution in [0, 0.1) is 5.92 Å². The Kier molecular flexibility index (Phi) is 10.3. The predicted molar refractivity (Wildman–Crippen MR) is 129 cm³/mol. The minimum Gasteiger partial charge on any atom is -0.303 e. The first-order valence-electron chi connectivity index (χ1n) is 10.6. The van der Waals surface area contributed by atoms with Crippen molar-refractivity contribution in [1.82, 2.24) is 4.90 Å². The van der Waals surface area contributed by atoms with Gasteiger partial charge in [-0.05, 0) is 86.2 Å². The molecule has 0 spiro atoms. The molecule has 0 saturated carbocycles. The Morgan fingerprint density at radius 2 is 1.82 bits per heavy atom. The lowest BCUT2D eigenvalue weighted by Gasteiger charge is -2.33. The largest absolute Gasteiger partial charge is 0.303 e. The first-order chi connectivity index (χ1) is 13.6. The second-order valence-corrected chi connectivity index (χ2v) is 9.69. The number of halogens is 1. The number of aryl methyl sites for hydroxylation is 1. The van der Waals surface area contributed by atoms with E-state index >= 15 is 0 Å². The Morgan fingerprint density at radius 3 is 2.50 bits per heavy atom. The average Bonchev–Trinajstić information content (AvgIpc) is 2.73. The number of nitrogens with zero attached hydrogens (tertiary/aromatic N) is 1. The van der Waals surface area contributed by atoms with Crippen molar-refractivity contribution < 1.29 is 0 Å². The minimum atomic E-state index is 0.115. The van der Waals surface area contributed by atoms with Gasteiger partial charge in [-0.25, -0.2) is 0 Å². The molecular weight excluding hydrogens is 382 g/mol. The number of piperidine rings is 1. The van der Waals surface area contributed by atoms with Crippen molar-refractivity contribution in [2.45, 2.75) is 50.8 Å². The average molecular weight is 418 g/mol. The van der Waals surface area contributed by atoms with Crippen LogP contribution in [0.25, 0.3) is 0 Å². The van der Waals surface area contributed by atoms with E-state index in [1.54, 1.807) is 0 Å². The summed E-state index contributed by atoms with van der Waals surface area (Å²) >= 11 is 6.10. The summed E-state index contributed by atoms with van der Waals surface area (Å²) in [5, 5.41) is 0.846. The van der Waals surface area contributed by atoms with Gasteiger partial charge in [0.05, 0.1) is 0 Å². The Balaban J connectivity index is 0.00000136. The van der Waals surface area contributed by atoms with Gasteiger partial charge in [0.25, 0.3) is 0 Å². The third-order valence-corrected chi connectivity index (χ3v) is 6.69. The van der Waals surface area contributed by atoms with Crippen LogP contribution < -0.4 is 0 Å². The van der Waals surface area contributed by atoms with Crippen LogP contribution in [0.5, 0.6) is 0 Å². The molecule has 2 aromatic carbocycles. The van der Waals surface area contributed by atoms with E-state index in [2.05, 4.69) is 59.5 Å². The summed E-state index contributed by atoms with van der Waals surface area (Å²) in [6.07, 6.45) is 8.48. The summed E-state index contributed by atoms with van der Waals surface area (Å²) < 4.78 is 0. The van der Waals surface area contributed by atoms with Crippen LogP contribution >= 0.6 is 22.1 Å². The lowest BCUT2D eigenvalue weighted by atomic mass is 9.91. The molecule has 0 radical (unpaired) electrons. The molecule has 1 aliphatic rings. The van der Waals surface area contributed by atoms with E-state index in [0.29, 0.717) is 0 Å². The normalized spacial score (nSPS) is 18.2. The molecule has 1 fully saturated rings. The predicted octanol–water partition coefficient (Wildman–Crippen LogP) is 6.94. The molecule has 0 aromatic heterocycles. The van der Waals surface area contributed by atoms with Crippen LogP contribution in [-0.4, -0.2) is 36.7 Å². The van der Waals surface area contributed by atoms with Crippen LogP contribution in [0.3, 0.4) is 0 Å². The van der Waals surface area contributed by atoms with Crippen molar-refractivity contribution in [3.63, 3.8) is 0 Å². The van der Waals surface area contributed by atoms with Gasteiger partial charge in [-0.3, -0.25) is 0 Å². The lowest BCUT2D eigenvalue weighted by molar-refractivity contribution is 0.170. The Labute approximate surface area is 180 Å². The van der Waals surface area contributed by atoms with Gasteiger partial charge in [-0.1, -0.05) is 55.6 Å². The molecule has 2 unspecified atom stereocenters. The summed E-state index contributed by atoms with van der Waals surface area (Å²) in [5.74, 6) is 4.96. The van der Waals surface area contributed by atoms with E-state index < -0.39 is 0 Å². The van der Waals surface area contributed by atoms with Crippen LogP contribution in [0.2, 0.25) is 5.02 Å². The maximum Gasteiger partial charge on any atom is 0.0408 e. The van der Waals surface area contributed by atoms with Gasteiger partial charge in [0.15, 0.2) is 0 Å².